The number of aliphatic carboxylic acids is 1. The van der Waals surface area contributed by atoms with Crippen LogP contribution in [0, 0.1) is 11.8 Å². The molecule has 0 aliphatic carbocycles. The average molecular weight is 327 g/mol. The molecule has 3 heteroatoms. The number of hydrogen-bond acceptors (Lipinski definition) is 2. The first-order chi connectivity index (χ1) is 11.0. The summed E-state index contributed by atoms with van der Waals surface area (Å²) in [5.41, 5.74) is 0. The third kappa shape index (κ3) is 14.5. The van der Waals surface area contributed by atoms with E-state index in [4.69, 9.17) is 5.11 Å². The third-order valence-electron chi connectivity index (χ3n) is 4.70. The van der Waals surface area contributed by atoms with E-state index in [1.54, 1.807) is 0 Å². The Kier molecular flexibility index (Phi) is 14.2. The van der Waals surface area contributed by atoms with Gasteiger partial charge in [-0.15, -0.1) is 0 Å². The maximum atomic E-state index is 10.4. The summed E-state index contributed by atoms with van der Waals surface area (Å²) in [5, 5.41) is 18.7. The van der Waals surface area contributed by atoms with Gasteiger partial charge in [-0.2, -0.15) is 0 Å². The molecule has 0 radical (unpaired) electrons. The molecule has 0 heterocycles. The van der Waals surface area contributed by atoms with E-state index in [-0.39, 0.29) is 18.4 Å². The van der Waals surface area contributed by atoms with Crippen molar-refractivity contribution in [3.63, 3.8) is 0 Å². The van der Waals surface area contributed by atoms with Crippen LogP contribution >= 0.6 is 0 Å². The Morgan fingerprint density at radius 2 is 1.65 bits per heavy atom. The number of aliphatic hydroxyl groups is 1. The van der Waals surface area contributed by atoms with E-state index in [1.165, 1.54) is 32.1 Å². The number of rotatable bonds is 15. The first kappa shape index (κ1) is 22.2. The van der Waals surface area contributed by atoms with Crippen molar-refractivity contribution in [3.05, 3.63) is 12.2 Å². The van der Waals surface area contributed by atoms with Gasteiger partial charge in [-0.05, 0) is 37.5 Å². The number of allylic oxidation sites excluding steroid dienone is 1. The Labute approximate surface area is 143 Å². The van der Waals surface area contributed by atoms with Crippen LogP contribution in [0.3, 0.4) is 0 Å². The molecular formula is C20H38O3. The van der Waals surface area contributed by atoms with Crippen LogP contribution in [-0.2, 0) is 4.79 Å². The predicted octanol–water partition coefficient (Wildman–Crippen LogP) is 5.57. The molecular weight excluding hydrogens is 288 g/mol. The van der Waals surface area contributed by atoms with Gasteiger partial charge in [-0.1, -0.05) is 71.4 Å². The van der Waals surface area contributed by atoms with E-state index in [0.717, 1.165) is 31.6 Å². The molecule has 0 amide bonds. The molecule has 3 nitrogen and oxygen atoms in total. The molecule has 23 heavy (non-hydrogen) atoms. The minimum atomic E-state index is -0.731. The van der Waals surface area contributed by atoms with Crippen molar-refractivity contribution in [2.45, 2.75) is 97.5 Å². The summed E-state index contributed by atoms with van der Waals surface area (Å²) in [6.07, 6.45) is 15.2. The highest BCUT2D eigenvalue weighted by Crippen LogP contribution is 2.16. The molecule has 0 aromatic carbocycles. The molecule has 3 atom stereocenters. The number of hydrogen-bond donors (Lipinski definition) is 2. The van der Waals surface area contributed by atoms with Gasteiger partial charge in [0, 0.05) is 6.42 Å². The lowest BCUT2D eigenvalue weighted by Crippen LogP contribution is -2.15. The number of carboxylic acids is 1. The SMILES string of the molecule is CCC(C)CCCCCC=CC(C)C(O)CCCCCC(=O)O. The highest BCUT2D eigenvalue weighted by atomic mass is 16.4. The number of unbranched alkanes of at least 4 members (excludes halogenated alkanes) is 5. The minimum Gasteiger partial charge on any atom is -0.481 e. The van der Waals surface area contributed by atoms with E-state index in [2.05, 4.69) is 32.9 Å². The van der Waals surface area contributed by atoms with E-state index in [9.17, 15) is 9.90 Å². The Hall–Kier alpha value is -0.830. The Balaban J connectivity index is 3.58. The first-order valence-electron chi connectivity index (χ1n) is 9.53. The molecule has 2 N–H and O–H groups in total. The van der Waals surface area contributed by atoms with Crippen molar-refractivity contribution in [1.82, 2.24) is 0 Å². The smallest absolute Gasteiger partial charge is 0.303 e. The van der Waals surface area contributed by atoms with Crippen LogP contribution in [-0.4, -0.2) is 22.3 Å². The molecule has 0 aromatic heterocycles. The molecule has 0 fully saturated rings. The normalized spacial score (nSPS) is 15.7. The molecule has 0 aliphatic heterocycles. The lowest BCUT2D eigenvalue weighted by Gasteiger charge is -2.15. The fraction of sp³-hybridized carbons (Fsp3) is 0.850. The van der Waals surface area contributed by atoms with E-state index in [0.29, 0.717) is 6.42 Å². The number of carbonyl (C=O) groups is 1. The van der Waals surface area contributed by atoms with Crippen LogP contribution < -0.4 is 0 Å². The standard InChI is InChI=1S/C20H38O3/c1-4-17(2)13-9-6-5-7-10-14-18(3)19(21)15-11-8-12-16-20(22)23/h10,14,17-19,21H,4-9,11-13,15-16H2,1-3H3,(H,22,23). The van der Waals surface area contributed by atoms with Crippen LogP contribution in [0.25, 0.3) is 0 Å². The van der Waals surface area contributed by atoms with Crippen LogP contribution in [0.2, 0.25) is 0 Å². The van der Waals surface area contributed by atoms with Gasteiger partial charge in [-0.3, -0.25) is 4.79 Å². The topological polar surface area (TPSA) is 57.5 Å². The summed E-state index contributed by atoms with van der Waals surface area (Å²) in [5.74, 6) is 0.316. The molecule has 0 saturated heterocycles. The molecule has 0 spiro atoms. The quantitative estimate of drug-likeness (QED) is 0.305. The Morgan fingerprint density at radius 1 is 1.00 bits per heavy atom. The van der Waals surface area contributed by atoms with Gasteiger partial charge in [-0.25, -0.2) is 0 Å². The lowest BCUT2D eigenvalue weighted by atomic mass is 9.97. The molecule has 136 valence electrons. The van der Waals surface area contributed by atoms with Crippen molar-refractivity contribution in [2.24, 2.45) is 11.8 Å². The molecule has 0 aliphatic rings. The van der Waals surface area contributed by atoms with Gasteiger partial charge in [0.1, 0.15) is 0 Å². The maximum absolute atomic E-state index is 10.4. The first-order valence-corrected chi connectivity index (χ1v) is 9.53. The van der Waals surface area contributed by atoms with Crippen molar-refractivity contribution >= 4 is 5.97 Å². The van der Waals surface area contributed by atoms with Gasteiger partial charge >= 0.3 is 5.97 Å². The van der Waals surface area contributed by atoms with Crippen LogP contribution in [0.1, 0.15) is 91.4 Å². The lowest BCUT2D eigenvalue weighted by molar-refractivity contribution is -0.137. The van der Waals surface area contributed by atoms with Crippen LogP contribution in [0.5, 0.6) is 0 Å². The Bertz CT molecular complexity index is 312. The van der Waals surface area contributed by atoms with E-state index < -0.39 is 5.97 Å². The van der Waals surface area contributed by atoms with Gasteiger partial charge < -0.3 is 10.2 Å². The average Bonchev–Trinajstić information content (AvgIpc) is 2.52. The Morgan fingerprint density at radius 3 is 2.30 bits per heavy atom. The highest BCUT2D eigenvalue weighted by molar-refractivity contribution is 5.66. The molecule has 3 unspecified atom stereocenters. The van der Waals surface area contributed by atoms with Gasteiger partial charge in [0.2, 0.25) is 0 Å². The summed E-state index contributed by atoms with van der Waals surface area (Å²) < 4.78 is 0. The molecule has 0 aromatic rings. The van der Waals surface area contributed by atoms with Crippen molar-refractivity contribution in [1.29, 1.82) is 0 Å². The maximum Gasteiger partial charge on any atom is 0.303 e. The number of carboxylic acid groups (broad SMARTS) is 1. The van der Waals surface area contributed by atoms with Crippen LogP contribution in [0.4, 0.5) is 0 Å². The fourth-order valence-electron chi connectivity index (χ4n) is 2.64. The summed E-state index contributed by atoms with van der Waals surface area (Å²) in [7, 11) is 0. The fourth-order valence-corrected chi connectivity index (χ4v) is 2.64. The molecule has 0 bridgehead atoms. The van der Waals surface area contributed by atoms with Crippen molar-refractivity contribution in [3.8, 4) is 0 Å². The summed E-state index contributed by atoms with van der Waals surface area (Å²) >= 11 is 0. The zero-order valence-electron chi connectivity index (χ0n) is 15.5. The van der Waals surface area contributed by atoms with Gasteiger partial charge in [0.25, 0.3) is 0 Å². The van der Waals surface area contributed by atoms with Gasteiger partial charge in [0.15, 0.2) is 0 Å². The monoisotopic (exact) mass is 326 g/mol. The van der Waals surface area contributed by atoms with E-state index in [1.807, 2.05) is 0 Å². The highest BCUT2D eigenvalue weighted by Gasteiger charge is 2.10. The second kappa shape index (κ2) is 14.7. The zero-order valence-corrected chi connectivity index (χ0v) is 15.5. The van der Waals surface area contributed by atoms with Gasteiger partial charge in [0.05, 0.1) is 6.10 Å². The molecule has 0 rings (SSSR count). The minimum absolute atomic E-state index is 0.189. The summed E-state index contributed by atoms with van der Waals surface area (Å²) in [6, 6.07) is 0. The summed E-state index contributed by atoms with van der Waals surface area (Å²) in [4.78, 5) is 10.4. The summed E-state index contributed by atoms with van der Waals surface area (Å²) in [6.45, 7) is 6.64. The molecule has 0 saturated carbocycles. The van der Waals surface area contributed by atoms with E-state index >= 15 is 0 Å². The second-order valence-electron chi connectivity index (χ2n) is 7.00. The largest absolute Gasteiger partial charge is 0.481 e. The van der Waals surface area contributed by atoms with Crippen molar-refractivity contribution < 1.29 is 15.0 Å². The predicted molar refractivity (Wildman–Crippen MR) is 97.6 cm³/mol. The van der Waals surface area contributed by atoms with Crippen molar-refractivity contribution in [2.75, 3.05) is 0 Å². The zero-order chi connectivity index (χ0) is 17.5. The number of aliphatic hydroxyl groups excluding tert-OH is 1. The third-order valence-corrected chi connectivity index (χ3v) is 4.70. The second-order valence-corrected chi connectivity index (χ2v) is 7.00. The van der Waals surface area contributed by atoms with Crippen LogP contribution in [0.15, 0.2) is 12.2 Å².